The van der Waals surface area contributed by atoms with Crippen LogP contribution in [0.5, 0.6) is 0 Å². The number of aromatic nitrogens is 1. The molecule has 0 saturated heterocycles. The Bertz CT molecular complexity index is 785. The van der Waals surface area contributed by atoms with E-state index in [4.69, 9.17) is 0 Å². The molecular weight excluding hydrogens is 322 g/mol. The third-order valence-electron chi connectivity index (χ3n) is 4.92. The molecule has 4 heteroatoms. The van der Waals surface area contributed by atoms with Crippen molar-refractivity contribution in [2.24, 2.45) is 0 Å². The summed E-state index contributed by atoms with van der Waals surface area (Å²) in [6.45, 7) is 5.05. The number of carbonyl (C=O) groups excluding carboxylic acids is 1. The van der Waals surface area contributed by atoms with Crippen molar-refractivity contribution in [3.63, 3.8) is 0 Å². The van der Waals surface area contributed by atoms with Crippen LogP contribution in [-0.4, -0.2) is 36.0 Å². The smallest absolute Gasteiger partial charge is 0.244 e. The summed E-state index contributed by atoms with van der Waals surface area (Å²) >= 11 is 0. The van der Waals surface area contributed by atoms with Crippen molar-refractivity contribution < 1.29 is 4.79 Å². The summed E-state index contributed by atoms with van der Waals surface area (Å²) in [7, 11) is 4.04. The van der Waals surface area contributed by atoms with Crippen LogP contribution >= 0.6 is 0 Å². The fraction of sp³-hybridized carbons (Fsp3) is 0.409. The molecule has 1 aliphatic carbocycles. The Morgan fingerprint density at radius 1 is 1.27 bits per heavy atom. The Morgan fingerprint density at radius 3 is 2.58 bits per heavy atom. The van der Waals surface area contributed by atoms with Crippen molar-refractivity contribution in [2.45, 2.75) is 38.8 Å². The zero-order valence-electron chi connectivity index (χ0n) is 16.2. The molecule has 1 fully saturated rings. The van der Waals surface area contributed by atoms with Gasteiger partial charge in [0.2, 0.25) is 5.91 Å². The number of carbonyl (C=O) groups is 1. The van der Waals surface area contributed by atoms with Gasteiger partial charge in [0.05, 0.1) is 6.04 Å². The molecule has 2 aromatic rings. The first-order valence-corrected chi connectivity index (χ1v) is 9.32. The summed E-state index contributed by atoms with van der Waals surface area (Å²) in [5.74, 6) is -0.0584. The summed E-state index contributed by atoms with van der Waals surface area (Å²) in [5.41, 5.74) is 4.78. The number of hydrogen-bond donors (Lipinski definition) is 1. The van der Waals surface area contributed by atoms with Gasteiger partial charge in [-0.15, -0.1) is 0 Å². The molecule has 1 amide bonds. The zero-order valence-corrected chi connectivity index (χ0v) is 16.2. The van der Waals surface area contributed by atoms with Gasteiger partial charge in [0.1, 0.15) is 0 Å². The van der Waals surface area contributed by atoms with Crippen molar-refractivity contribution >= 4 is 12.0 Å². The molecule has 0 unspecified atom stereocenters. The molecule has 3 rings (SSSR count). The van der Waals surface area contributed by atoms with Gasteiger partial charge in [0.25, 0.3) is 0 Å². The molecule has 1 heterocycles. The van der Waals surface area contributed by atoms with E-state index in [1.54, 1.807) is 6.08 Å². The molecule has 0 radical (unpaired) electrons. The molecule has 4 nitrogen and oxygen atoms in total. The SMILES string of the molecule is Cc1cc(/C=C/C(=O)N[C@@H](CN(C)C)c2ccccc2)c(C)n1C1CC1. The number of likely N-dealkylation sites (N-methyl/N-ethyl adjacent to an activating group) is 1. The van der Waals surface area contributed by atoms with Gasteiger partial charge in [-0.1, -0.05) is 30.3 Å². The van der Waals surface area contributed by atoms with E-state index < -0.39 is 0 Å². The van der Waals surface area contributed by atoms with E-state index in [1.807, 2.05) is 38.4 Å². The van der Waals surface area contributed by atoms with Crippen molar-refractivity contribution in [1.82, 2.24) is 14.8 Å². The first kappa shape index (κ1) is 18.5. The van der Waals surface area contributed by atoms with Crippen LogP contribution in [0.2, 0.25) is 0 Å². The van der Waals surface area contributed by atoms with E-state index in [0.717, 1.165) is 17.7 Å². The average molecular weight is 351 g/mol. The predicted octanol–water partition coefficient (Wildman–Crippen LogP) is 3.87. The lowest BCUT2D eigenvalue weighted by Crippen LogP contribution is -2.34. The molecule has 1 aliphatic rings. The van der Waals surface area contributed by atoms with Gasteiger partial charge in [0, 0.05) is 30.1 Å². The fourth-order valence-corrected chi connectivity index (χ4v) is 3.54. The van der Waals surface area contributed by atoms with Crippen LogP contribution in [-0.2, 0) is 4.79 Å². The van der Waals surface area contributed by atoms with Crippen molar-refractivity contribution in [3.8, 4) is 0 Å². The number of aryl methyl sites for hydroxylation is 1. The van der Waals surface area contributed by atoms with Gasteiger partial charge in [-0.3, -0.25) is 4.79 Å². The molecule has 1 aromatic carbocycles. The minimum absolute atomic E-state index is 0.0257. The highest BCUT2D eigenvalue weighted by atomic mass is 16.1. The van der Waals surface area contributed by atoms with Gasteiger partial charge in [-0.2, -0.15) is 0 Å². The van der Waals surface area contributed by atoms with Crippen LogP contribution in [0.4, 0.5) is 0 Å². The Labute approximate surface area is 156 Å². The molecule has 1 N–H and O–H groups in total. The average Bonchev–Trinajstić information content (AvgIpc) is 3.39. The summed E-state index contributed by atoms with van der Waals surface area (Å²) in [4.78, 5) is 14.6. The van der Waals surface area contributed by atoms with Gasteiger partial charge < -0.3 is 14.8 Å². The largest absolute Gasteiger partial charge is 0.346 e. The lowest BCUT2D eigenvalue weighted by molar-refractivity contribution is -0.117. The maximum atomic E-state index is 12.5. The lowest BCUT2D eigenvalue weighted by Gasteiger charge is -2.22. The van der Waals surface area contributed by atoms with E-state index in [0.29, 0.717) is 6.04 Å². The first-order valence-electron chi connectivity index (χ1n) is 9.32. The standard InChI is InChI=1S/C22H29N3O/c1-16-14-19(17(2)25(16)20-11-12-20)10-13-22(26)23-21(15-24(3)4)18-8-6-5-7-9-18/h5-10,13-14,20-21H,11-12,15H2,1-4H3,(H,23,26)/b13-10+/t21-/m0/s1. The van der Waals surface area contributed by atoms with E-state index in [1.165, 1.54) is 24.2 Å². The topological polar surface area (TPSA) is 37.3 Å². The van der Waals surface area contributed by atoms with Crippen molar-refractivity contribution in [2.75, 3.05) is 20.6 Å². The van der Waals surface area contributed by atoms with Crippen molar-refractivity contribution in [1.29, 1.82) is 0 Å². The summed E-state index contributed by atoms with van der Waals surface area (Å²) < 4.78 is 2.40. The second kappa shape index (κ2) is 7.92. The summed E-state index contributed by atoms with van der Waals surface area (Å²) in [6, 6.07) is 12.9. The first-order chi connectivity index (χ1) is 12.5. The van der Waals surface area contributed by atoms with E-state index in [-0.39, 0.29) is 11.9 Å². The van der Waals surface area contributed by atoms with Crippen LogP contribution < -0.4 is 5.32 Å². The number of nitrogens with one attached hydrogen (secondary N) is 1. The minimum Gasteiger partial charge on any atom is -0.346 e. The molecule has 138 valence electrons. The van der Waals surface area contributed by atoms with E-state index in [2.05, 4.69) is 46.8 Å². The van der Waals surface area contributed by atoms with Gasteiger partial charge in [-0.05, 0) is 64.1 Å². The van der Waals surface area contributed by atoms with E-state index >= 15 is 0 Å². The Kier molecular flexibility index (Phi) is 5.62. The number of rotatable bonds is 7. The molecule has 1 aromatic heterocycles. The number of benzene rings is 1. The molecule has 0 bridgehead atoms. The Hall–Kier alpha value is -2.33. The molecule has 26 heavy (non-hydrogen) atoms. The molecule has 1 atom stereocenters. The highest BCUT2D eigenvalue weighted by molar-refractivity contribution is 5.92. The lowest BCUT2D eigenvalue weighted by atomic mass is 10.1. The summed E-state index contributed by atoms with van der Waals surface area (Å²) in [5, 5.41) is 3.14. The Balaban J connectivity index is 1.70. The molecule has 0 aliphatic heterocycles. The normalized spacial score (nSPS) is 15.6. The maximum absolute atomic E-state index is 12.5. The minimum atomic E-state index is -0.0584. The quantitative estimate of drug-likeness (QED) is 0.769. The predicted molar refractivity (Wildman–Crippen MR) is 107 cm³/mol. The summed E-state index contributed by atoms with van der Waals surface area (Å²) in [6.07, 6.45) is 6.13. The number of nitrogens with zero attached hydrogens (tertiary/aromatic N) is 2. The van der Waals surface area contributed by atoms with Crippen LogP contribution in [0.25, 0.3) is 6.08 Å². The molecule has 1 saturated carbocycles. The monoisotopic (exact) mass is 351 g/mol. The van der Waals surface area contributed by atoms with E-state index in [9.17, 15) is 4.79 Å². The number of amides is 1. The molecular formula is C22H29N3O. The van der Waals surface area contributed by atoms with Gasteiger partial charge in [0.15, 0.2) is 0 Å². The maximum Gasteiger partial charge on any atom is 0.244 e. The van der Waals surface area contributed by atoms with Crippen molar-refractivity contribution in [3.05, 3.63) is 65.0 Å². The van der Waals surface area contributed by atoms with Crippen LogP contribution in [0.15, 0.2) is 42.5 Å². The molecule has 0 spiro atoms. The zero-order chi connectivity index (χ0) is 18.7. The van der Waals surface area contributed by atoms with Gasteiger partial charge >= 0.3 is 0 Å². The van der Waals surface area contributed by atoms with Crippen LogP contribution in [0, 0.1) is 13.8 Å². The third kappa shape index (κ3) is 4.44. The van der Waals surface area contributed by atoms with Crippen LogP contribution in [0.3, 0.4) is 0 Å². The highest BCUT2D eigenvalue weighted by Crippen LogP contribution is 2.38. The highest BCUT2D eigenvalue weighted by Gasteiger charge is 2.26. The fourth-order valence-electron chi connectivity index (χ4n) is 3.54. The number of hydrogen-bond acceptors (Lipinski definition) is 2. The third-order valence-corrected chi connectivity index (χ3v) is 4.92. The Morgan fingerprint density at radius 2 is 1.96 bits per heavy atom. The van der Waals surface area contributed by atoms with Gasteiger partial charge in [-0.25, -0.2) is 0 Å². The second-order valence-corrected chi connectivity index (χ2v) is 7.50. The van der Waals surface area contributed by atoms with Crippen LogP contribution in [0.1, 0.15) is 47.4 Å². The second-order valence-electron chi connectivity index (χ2n) is 7.50.